The molecule has 1 N–H and O–H groups in total. The second-order valence-corrected chi connectivity index (χ2v) is 7.63. The normalized spacial score (nSPS) is 27.5. The van der Waals surface area contributed by atoms with Crippen LogP contribution >= 0.6 is 0 Å². The minimum absolute atomic E-state index is 0.114. The highest BCUT2D eigenvalue weighted by Crippen LogP contribution is 2.49. The van der Waals surface area contributed by atoms with Crippen LogP contribution in [0.15, 0.2) is 28.9 Å². The Bertz CT molecular complexity index is 732. The molecule has 4 atom stereocenters. The SMILES string of the molecule is Cc1ccc2c(CC(=O)N[C@H](C)[C@H]3C[C@H]4CC[C@H]3C4)coc2c1. The standard InChI is InChI=1S/C20H25NO2/c1-12-3-6-17-16(11-23-19(17)7-12)10-20(22)21-13(2)18-9-14-4-5-15(18)8-14/h3,6-7,11,13-15,18H,4-5,8-10H2,1-2H3,(H,21,22)/t13-,14+,15+,18-/m1/s1. The summed E-state index contributed by atoms with van der Waals surface area (Å²) in [4.78, 5) is 12.4. The van der Waals surface area contributed by atoms with Gasteiger partial charge >= 0.3 is 0 Å². The lowest BCUT2D eigenvalue weighted by Crippen LogP contribution is -2.40. The zero-order chi connectivity index (χ0) is 16.0. The van der Waals surface area contributed by atoms with Gasteiger partial charge in [0.25, 0.3) is 0 Å². The summed E-state index contributed by atoms with van der Waals surface area (Å²) in [5.41, 5.74) is 3.03. The van der Waals surface area contributed by atoms with Crippen LogP contribution in [0.2, 0.25) is 0 Å². The molecule has 2 aliphatic carbocycles. The fraction of sp³-hybridized carbons (Fsp3) is 0.550. The van der Waals surface area contributed by atoms with E-state index >= 15 is 0 Å². The number of rotatable bonds is 4. The van der Waals surface area contributed by atoms with Crippen molar-refractivity contribution in [2.45, 2.75) is 52.0 Å². The van der Waals surface area contributed by atoms with E-state index in [1.807, 2.05) is 13.0 Å². The van der Waals surface area contributed by atoms with Crippen molar-refractivity contribution in [2.75, 3.05) is 0 Å². The van der Waals surface area contributed by atoms with E-state index < -0.39 is 0 Å². The number of fused-ring (bicyclic) bond motifs is 3. The van der Waals surface area contributed by atoms with E-state index in [4.69, 9.17) is 4.42 Å². The number of hydrogen-bond donors (Lipinski definition) is 1. The van der Waals surface area contributed by atoms with Gasteiger partial charge in [0.1, 0.15) is 5.58 Å². The Morgan fingerprint density at radius 2 is 2.22 bits per heavy atom. The van der Waals surface area contributed by atoms with E-state index in [0.717, 1.165) is 28.4 Å². The number of amides is 1. The molecule has 3 nitrogen and oxygen atoms in total. The van der Waals surface area contributed by atoms with E-state index in [1.54, 1.807) is 6.26 Å². The third-order valence-electron chi connectivity index (χ3n) is 5.99. The molecule has 0 radical (unpaired) electrons. The Morgan fingerprint density at radius 3 is 2.96 bits per heavy atom. The van der Waals surface area contributed by atoms with Crippen LogP contribution in [-0.4, -0.2) is 11.9 Å². The summed E-state index contributed by atoms with van der Waals surface area (Å²) in [5.74, 6) is 2.56. The summed E-state index contributed by atoms with van der Waals surface area (Å²) in [6.45, 7) is 4.23. The number of hydrogen-bond acceptors (Lipinski definition) is 2. The molecule has 2 saturated carbocycles. The summed E-state index contributed by atoms with van der Waals surface area (Å²) < 4.78 is 5.60. The van der Waals surface area contributed by atoms with Crippen molar-refractivity contribution in [3.05, 3.63) is 35.6 Å². The minimum atomic E-state index is 0.114. The van der Waals surface area contributed by atoms with Crippen molar-refractivity contribution in [2.24, 2.45) is 17.8 Å². The number of benzene rings is 1. The minimum Gasteiger partial charge on any atom is -0.464 e. The predicted molar refractivity (Wildman–Crippen MR) is 91.2 cm³/mol. The Labute approximate surface area is 137 Å². The number of carbonyl (C=O) groups is 1. The van der Waals surface area contributed by atoms with Crippen LogP contribution in [0, 0.1) is 24.7 Å². The molecule has 0 spiro atoms. The molecule has 2 aliphatic rings. The van der Waals surface area contributed by atoms with Crippen molar-refractivity contribution in [3.63, 3.8) is 0 Å². The summed E-state index contributed by atoms with van der Waals surface area (Å²) >= 11 is 0. The predicted octanol–water partition coefficient (Wildman–Crippen LogP) is 4.22. The molecule has 4 rings (SSSR count). The molecule has 122 valence electrons. The van der Waals surface area contributed by atoms with Crippen LogP contribution < -0.4 is 5.32 Å². The smallest absolute Gasteiger partial charge is 0.224 e. The number of carbonyl (C=O) groups excluding carboxylic acids is 1. The van der Waals surface area contributed by atoms with E-state index in [0.29, 0.717) is 18.4 Å². The van der Waals surface area contributed by atoms with Crippen molar-refractivity contribution >= 4 is 16.9 Å². The fourth-order valence-corrected chi connectivity index (χ4v) is 4.82. The Morgan fingerprint density at radius 1 is 1.35 bits per heavy atom. The van der Waals surface area contributed by atoms with Gasteiger partial charge in [-0.25, -0.2) is 0 Å². The lowest BCUT2D eigenvalue weighted by Gasteiger charge is -2.28. The van der Waals surface area contributed by atoms with E-state index in [9.17, 15) is 4.79 Å². The second kappa shape index (κ2) is 5.70. The molecule has 2 bridgehead atoms. The van der Waals surface area contributed by atoms with Crippen molar-refractivity contribution < 1.29 is 9.21 Å². The van der Waals surface area contributed by atoms with Gasteiger partial charge < -0.3 is 9.73 Å². The van der Waals surface area contributed by atoms with Crippen LogP contribution in [0.25, 0.3) is 11.0 Å². The van der Waals surface area contributed by atoms with Crippen LogP contribution in [0.1, 0.15) is 43.7 Å². The van der Waals surface area contributed by atoms with Gasteiger partial charge in [0.15, 0.2) is 0 Å². The molecule has 23 heavy (non-hydrogen) atoms. The van der Waals surface area contributed by atoms with Crippen molar-refractivity contribution in [1.29, 1.82) is 0 Å². The topological polar surface area (TPSA) is 42.2 Å². The molecule has 0 aliphatic heterocycles. The van der Waals surface area contributed by atoms with Gasteiger partial charge in [0.05, 0.1) is 12.7 Å². The highest BCUT2D eigenvalue weighted by atomic mass is 16.3. The van der Waals surface area contributed by atoms with Crippen molar-refractivity contribution in [1.82, 2.24) is 5.32 Å². The van der Waals surface area contributed by atoms with Gasteiger partial charge in [-0.3, -0.25) is 4.79 Å². The molecule has 0 unspecified atom stereocenters. The second-order valence-electron chi connectivity index (χ2n) is 7.63. The first-order chi connectivity index (χ1) is 11.1. The highest BCUT2D eigenvalue weighted by Gasteiger charge is 2.42. The van der Waals surface area contributed by atoms with Crippen LogP contribution in [0.4, 0.5) is 0 Å². The van der Waals surface area contributed by atoms with E-state index in [-0.39, 0.29) is 5.91 Å². The average Bonchev–Trinajstić information content (AvgIpc) is 3.22. The van der Waals surface area contributed by atoms with Gasteiger partial charge in [-0.2, -0.15) is 0 Å². The molecule has 1 aromatic heterocycles. The Hall–Kier alpha value is -1.77. The van der Waals surface area contributed by atoms with Gasteiger partial charge in [-0.1, -0.05) is 18.6 Å². The summed E-state index contributed by atoms with van der Waals surface area (Å²) in [7, 11) is 0. The third kappa shape index (κ3) is 2.77. The number of furan rings is 1. The van der Waals surface area contributed by atoms with Gasteiger partial charge in [-0.15, -0.1) is 0 Å². The van der Waals surface area contributed by atoms with Crippen LogP contribution in [0.3, 0.4) is 0 Å². The number of aryl methyl sites for hydroxylation is 1. The average molecular weight is 311 g/mol. The third-order valence-corrected chi connectivity index (χ3v) is 5.99. The highest BCUT2D eigenvalue weighted by molar-refractivity contribution is 5.88. The van der Waals surface area contributed by atoms with Gasteiger partial charge in [0, 0.05) is 17.0 Å². The molecule has 1 heterocycles. The van der Waals surface area contributed by atoms with Crippen LogP contribution in [0.5, 0.6) is 0 Å². The Balaban J connectivity index is 1.41. The maximum Gasteiger partial charge on any atom is 0.224 e. The Kier molecular flexibility index (Phi) is 3.67. The maximum atomic E-state index is 12.4. The van der Waals surface area contributed by atoms with Crippen molar-refractivity contribution in [3.8, 4) is 0 Å². The first kappa shape index (κ1) is 14.8. The first-order valence-electron chi connectivity index (χ1n) is 8.86. The van der Waals surface area contributed by atoms with Crippen LogP contribution in [-0.2, 0) is 11.2 Å². The fourth-order valence-electron chi connectivity index (χ4n) is 4.82. The van der Waals surface area contributed by atoms with E-state index in [2.05, 4.69) is 24.4 Å². The summed E-state index contributed by atoms with van der Waals surface area (Å²) in [6.07, 6.45) is 7.59. The quantitative estimate of drug-likeness (QED) is 0.918. The summed E-state index contributed by atoms with van der Waals surface area (Å²) in [5, 5.41) is 4.29. The molecule has 0 saturated heterocycles. The zero-order valence-electron chi connectivity index (χ0n) is 14.0. The lowest BCUT2D eigenvalue weighted by atomic mass is 9.84. The molecule has 2 fully saturated rings. The summed E-state index contributed by atoms with van der Waals surface area (Å²) in [6, 6.07) is 6.43. The van der Waals surface area contributed by atoms with Gasteiger partial charge in [-0.05, 0) is 62.5 Å². The molecular formula is C20H25NO2. The zero-order valence-corrected chi connectivity index (χ0v) is 14.0. The molecule has 3 heteroatoms. The molecule has 1 amide bonds. The largest absolute Gasteiger partial charge is 0.464 e. The van der Waals surface area contributed by atoms with E-state index in [1.165, 1.54) is 31.2 Å². The molecule has 1 aromatic carbocycles. The maximum absolute atomic E-state index is 12.4. The lowest BCUT2D eigenvalue weighted by molar-refractivity contribution is -0.121. The molecule has 2 aromatic rings. The first-order valence-corrected chi connectivity index (χ1v) is 8.86. The monoisotopic (exact) mass is 311 g/mol. The van der Waals surface area contributed by atoms with Gasteiger partial charge in [0.2, 0.25) is 5.91 Å². The number of nitrogens with one attached hydrogen (secondary N) is 1. The molecular weight excluding hydrogens is 286 g/mol.